The van der Waals surface area contributed by atoms with Gasteiger partial charge in [0.25, 0.3) is 5.91 Å². The molecule has 0 aliphatic carbocycles. The topological polar surface area (TPSA) is 121 Å². The van der Waals surface area contributed by atoms with Gasteiger partial charge in [-0.15, -0.1) is 5.10 Å². The number of Topliss-reactive ketones (excluding diaryl/α,β-unsaturated/α-hetero) is 1. The van der Waals surface area contributed by atoms with E-state index in [1.807, 2.05) is 30.3 Å². The van der Waals surface area contributed by atoms with Crippen LogP contribution in [0.4, 0.5) is 0 Å². The summed E-state index contributed by atoms with van der Waals surface area (Å²) in [5.41, 5.74) is 13.2. The molecule has 0 saturated heterocycles. The first kappa shape index (κ1) is 14.5. The highest BCUT2D eigenvalue weighted by Crippen LogP contribution is 2.04. The van der Waals surface area contributed by atoms with E-state index in [9.17, 15) is 9.59 Å². The molecular formula is C12H15N5O2. The third-order valence-corrected chi connectivity index (χ3v) is 2.43. The van der Waals surface area contributed by atoms with Gasteiger partial charge in [0.15, 0.2) is 0 Å². The van der Waals surface area contributed by atoms with Gasteiger partial charge in [-0.3, -0.25) is 9.59 Å². The van der Waals surface area contributed by atoms with Crippen molar-refractivity contribution in [1.82, 2.24) is 5.32 Å². The van der Waals surface area contributed by atoms with E-state index < -0.39 is 17.7 Å². The monoisotopic (exact) mass is 261 g/mol. The molecule has 100 valence electrons. The van der Waals surface area contributed by atoms with E-state index >= 15 is 0 Å². The first-order valence-electron chi connectivity index (χ1n) is 5.59. The maximum atomic E-state index is 11.4. The fraction of sp³-hybridized carbons (Fsp3) is 0.250. The average molecular weight is 261 g/mol. The Balaban J connectivity index is 2.86. The number of nitrogens with two attached hydrogens (primary N) is 1. The van der Waals surface area contributed by atoms with E-state index in [0.29, 0.717) is 6.42 Å². The zero-order valence-corrected chi connectivity index (χ0v) is 10.5. The summed E-state index contributed by atoms with van der Waals surface area (Å²) in [6.07, 6.45) is 0.366. The SMILES string of the molecule is CC(=O)C(=O)NC(Cc1ccccc1)C(N)=NN=N. The van der Waals surface area contributed by atoms with Crippen LogP contribution in [0, 0.1) is 5.53 Å². The van der Waals surface area contributed by atoms with Gasteiger partial charge in [-0.05, 0) is 12.0 Å². The molecule has 0 heterocycles. The molecule has 0 fully saturated rings. The van der Waals surface area contributed by atoms with Gasteiger partial charge in [-0.1, -0.05) is 35.6 Å². The Morgan fingerprint density at radius 1 is 1.37 bits per heavy atom. The minimum absolute atomic E-state index is 0.0200. The van der Waals surface area contributed by atoms with Crippen LogP contribution in [-0.4, -0.2) is 23.6 Å². The number of nitrogens with one attached hydrogen (secondary N) is 2. The summed E-state index contributed by atoms with van der Waals surface area (Å²) in [5, 5.41) is 8.68. The molecule has 1 amide bonds. The highest BCUT2D eigenvalue weighted by atomic mass is 16.2. The minimum atomic E-state index is -0.746. The lowest BCUT2D eigenvalue weighted by Gasteiger charge is -2.16. The van der Waals surface area contributed by atoms with Crippen molar-refractivity contribution in [3.63, 3.8) is 0 Å². The molecule has 0 aliphatic heterocycles. The van der Waals surface area contributed by atoms with Crippen molar-refractivity contribution in [1.29, 1.82) is 5.53 Å². The number of carbonyl (C=O) groups is 2. The fourth-order valence-corrected chi connectivity index (χ4v) is 1.47. The third-order valence-electron chi connectivity index (χ3n) is 2.43. The number of amides is 1. The van der Waals surface area contributed by atoms with Gasteiger partial charge in [-0.2, -0.15) is 5.53 Å². The zero-order valence-electron chi connectivity index (χ0n) is 10.5. The summed E-state index contributed by atoms with van der Waals surface area (Å²) in [5.74, 6) is -1.38. The lowest BCUT2D eigenvalue weighted by molar-refractivity contribution is -0.136. The lowest BCUT2D eigenvalue weighted by Crippen LogP contribution is -2.47. The second-order valence-corrected chi connectivity index (χ2v) is 3.90. The minimum Gasteiger partial charge on any atom is -0.384 e. The van der Waals surface area contributed by atoms with Crippen molar-refractivity contribution in [3.05, 3.63) is 35.9 Å². The van der Waals surface area contributed by atoms with E-state index in [0.717, 1.165) is 12.5 Å². The lowest BCUT2D eigenvalue weighted by atomic mass is 10.1. The Labute approximate surface area is 110 Å². The molecule has 0 radical (unpaired) electrons. The maximum Gasteiger partial charge on any atom is 0.287 e. The standard InChI is InChI=1S/C12H15N5O2/c1-8(18)12(19)15-10(11(13)16-17-14)7-9-5-3-2-4-6-9/h2-6,10H,7H2,1H3,(H,15,19)(H3,13,14,16). The van der Waals surface area contributed by atoms with Crippen LogP contribution in [0.5, 0.6) is 0 Å². The van der Waals surface area contributed by atoms with Crippen LogP contribution in [0.25, 0.3) is 0 Å². The summed E-state index contributed by atoms with van der Waals surface area (Å²) in [4.78, 5) is 22.4. The normalized spacial score (nSPS) is 12.6. The molecular weight excluding hydrogens is 246 g/mol. The first-order chi connectivity index (χ1) is 9.04. The number of amidine groups is 1. The van der Waals surface area contributed by atoms with E-state index in [4.69, 9.17) is 11.3 Å². The van der Waals surface area contributed by atoms with Gasteiger partial charge in [0.05, 0.1) is 6.04 Å². The van der Waals surface area contributed by atoms with E-state index in [-0.39, 0.29) is 5.84 Å². The molecule has 4 N–H and O–H groups in total. The highest BCUT2D eigenvalue weighted by molar-refractivity contribution is 6.35. The van der Waals surface area contributed by atoms with Crippen LogP contribution in [0.2, 0.25) is 0 Å². The predicted octanol–water partition coefficient (Wildman–Crippen LogP) is 0.606. The first-order valence-corrected chi connectivity index (χ1v) is 5.59. The van der Waals surface area contributed by atoms with E-state index in [1.54, 1.807) is 0 Å². The van der Waals surface area contributed by atoms with Crippen molar-refractivity contribution < 1.29 is 9.59 Å². The second kappa shape index (κ2) is 7.00. The Bertz CT molecular complexity index is 498. The third kappa shape index (κ3) is 4.66. The number of nitrogens with zero attached hydrogens (tertiary/aromatic N) is 2. The molecule has 1 atom stereocenters. The molecule has 0 aliphatic rings. The van der Waals surface area contributed by atoms with Gasteiger partial charge < -0.3 is 11.1 Å². The highest BCUT2D eigenvalue weighted by Gasteiger charge is 2.19. The summed E-state index contributed by atoms with van der Waals surface area (Å²) in [6.45, 7) is 1.16. The largest absolute Gasteiger partial charge is 0.384 e. The Kier molecular flexibility index (Phi) is 5.34. The number of carbonyl (C=O) groups excluding carboxylic acids is 2. The molecule has 0 saturated carbocycles. The Hall–Kier alpha value is -2.57. The molecule has 19 heavy (non-hydrogen) atoms. The maximum absolute atomic E-state index is 11.4. The van der Waals surface area contributed by atoms with Crippen molar-refractivity contribution in [3.8, 4) is 0 Å². The number of ketones is 1. The van der Waals surface area contributed by atoms with Crippen LogP contribution in [0.3, 0.4) is 0 Å². The number of hydrogen-bond donors (Lipinski definition) is 3. The van der Waals surface area contributed by atoms with Gasteiger partial charge in [0.2, 0.25) is 5.78 Å². The van der Waals surface area contributed by atoms with E-state index in [1.165, 1.54) is 0 Å². The van der Waals surface area contributed by atoms with Gasteiger partial charge in [0.1, 0.15) is 5.84 Å². The molecule has 1 aromatic rings. The summed E-state index contributed by atoms with van der Waals surface area (Å²) in [6, 6.07) is 8.61. The number of rotatable bonds is 6. The molecule has 1 unspecified atom stereocenters. The zero-order chi connectivity index (χ0) is 14.3. The summed E-state index contributed by atoms with van der Waals surface area (Å²) < 4.78 is 0. The quantitative estimate of drug-likeness (QED) is 0.228. The smallest absolute Gasteiger partial charge is 0.287 e. The molecule has 7 nitrogen and oxygen atoms in total. The van der Waals surface area contributed by atoms with Crippen molar-refractivity contribution in [2.45, 2.75) is 19.4 Å². The molecule has 1 aromatic carbocycles. The Morgan fingerprint density at radius 3 is 2.53 bits per heavy atom. The number of benzene rings is 1. The van der Waals surface area contributed by atoms with Gasteiger partial charge >= 0.3 is 0 Å². The summed E-state index contributed by atoms with van der Waals surface area (Å²) in [7, 11) is 0. The van der Waals surface area contributed by atoms with Crippen LogP contribution >= 0.6 is 0 Å². The van der Waals surface area contributed by atoms with Crippen LogP contribution in [0.1, 0.15) is 12.5 Å². The number of hydrogen-bond acceptors (Lipinski definition) is 4. The predicted molar refractivity (Wildman–Crippen MR) is 69.5 cm³/mol. The molecule has 0 spiro atoms. The van der Waals surface area contributed by atoms with Gasteiger partial charge in [-0.25, -0.2) is 0 Å². The molecule has 7 heteroatoms. The molecule has 0 bridgehead atoms. The van der Waals surface area contributed by atoms with Crippen molar-refractivity contribution in [2.24, 2.45) is 16.1 Å². The van der Waals surface area contributed by atoms with Crippen molar-refractivity contribution >= 4 is 17.5 Å². The average Bonchev–Trinajstić information content (AvgIpc) is 2.39. The van der Waals surface area contributed by atoms with Crippen LogP contribution in [0.15, 0.2) is 40.7 Å². The second-order valence-electron chi connectivity index (χ2n) is 3.90. The van der Waals surface area contributed by atoms with Gasteiger partial charge in [0, 0.05) is 6.92 Å². The fourth-order valence-electron chi connectivity index (χ4n) is 1.47. The summed E-state index contributed by atoms with van der Waals surface area (Å²) >= 11 is 0. The molecule has 0 aromatic heterocycles. The van der Waals surface area contributed by atoms with E-state index in [2.05, 4.69) is 15.6 Å². The Morgan fingerprint density at radius 2 is 2.00 bits per heavy atom. The molecule has 1 rings (SSSR count). The van der Waals surface area contributed by atoms with Crippen molar-refractivity contribution in [2.75, 3.05) is 0 Å². The van der Waals surface area contributed by atoms with Crippen LogP contribution in [-0.2, 0) is 16.0 Å². The van der Waals surface area contributed by atoms with Crippen LogP contribution < -0.4 is 11.1 Å².